The minimum Gasteiger partial charge on any atom is -0.367 e. The van der Waals surface area contributed by atoms with Gasteiger partial charge in [-0.25, -0.2) is 14.5 Å². The van der Waals surface area contributed by atoms with Gasteiger partial charge in [-0.05, 0) is 56.0 Å². The third-order valence-electron chi connectivity index (χ3n) is 7.10. The lowest BCUT2D eigenvalue weighted by Gasteiger charge is -2.16. The lowest BCUT2D eigenvalue weighted by molar-refractivity contribution is 0.742. The monoisotopic (exact) mass is 516 g/mol. The van der Waals surface area contributed by atoms with Gasteiger partial charge in [0.05, 0.1) is 16.9 Å². The SMILES string of the molecule is Brc1ccccc1-c1cc2c(-c3ccnc(NC4CCCC4)n3)ccc(NC3CCCC3)n2n1. The molecule has 6 nitrogen and oxygen atoms in total. The Labute approximate surface area is 208 Å². The van der Waals surface area contributed by atoms with Gasteiger partial charge >= 0.3 is 0 Å². The predicted octanol–water partition coefficient (Wildman–Crippen LogP) is 6.93. The van der Waals surface area contributed by atoms with E-state index in [2.05, 4.69) is 66.4 Å². The van der Waals surface area contributed by atoms with E-state index in [0.717, 1.165) is 38.3 Å². The largest absolute Gasteiger partial charge is 0.367 e. The summed E-state index contributed by atoms with van der Waals surface area (Å²) in [7, 11) is 0. The number of nitrogens with zero attached hydrogens (tertiary/aromatic N) is 4. The maximum absolute atomic E-state index is 5.04. The number of rotatable bonds is 6. The van der Waals surface area contributed by atoms with E-state index < -0.39 is 0 Å². The van der Waals surface area contributed by atoms with Gasteiger partial charge in [0.15, 0.2) is 0 Å². The fourth-order valence-electron chi connectivity index (χ4n) is 5.31. The van der Waals surface area contributed by atoms with Gasteiger partial charge in [0, 0.05) is 33.9 Å². The zero-order valence-electron chi connectivity index (χ0n) is 19.2. The van der Waals surface area contributed by atoms with Crippen LogP contribution >= 0.6 is 15.9 Å². The first-order valence-corrected chi connectivity index (χ1v) is 13.2. The Morgan fingerprint density at radius 2 is 1.53 bits per heavy atom. The van der Waals surface area contributed by atoms with E-state index in [0.29, 0.717) is 18.0 Å². The summed E-state index contributed by atoms with van der Waals surface area (Å²) >= 11 is 3.70. The second-order valence-corrected chi connectivity index (χ2v) is 10.3. The molecule has 0 bridgehead atoms. The Hall–Kier alpha value is -2.93. The molecule has 6 rings (SSSR count). The molecule has 4 aromatic rings. The fraction of sp³-hybridized carbons (Fsp3) is 0.370. The van der Waals surface area contributed by atoms with Gasteiger partial charge in [0.25, 0.3) is 0 Å². The predicted molar refractivity (Wildman–Crippen MR) is 141 cm³/mol. The first-order chi connectivity index (χ1) is 16.7. The highest BCUT2D eigenvalue weighted by Gasteiger charge is 2.20. The van der Waals surface area contributed by atoms with Crippen LogP contribution in [0.2, 0.25) is 0 Å². The molecule has 0 radical (unpaired) electrons. The summed E-state index contributed by atoms with van der Waals surface area (Å²) in [6.07, 6.45) is 11.8. The van der Waals surface area contributed by atoms with Crippen LogP contribution in [-0.4, -0.2) is 31.7 Å². The van der Waals surface area contributed by atoms with E-state index in [4.69, 9.17) is 10.1 Å². The highest BCUT2D eigenvalue weighted by Crippen LogP contribution is 2.34. The molecule has 2 aliphatic rings. The average Bonchev–Trinajstić information content (AvgIpc) is 3.62. The van der Waals surface area contributed by atoms with Gasteiger partial charge < -0.3 is 10.6 Å². The van der Waals surface area contributed by atoms with Crippen molar-refractivity contribution in [1.29, 1.82) is 0 Å². The first kappa shape index (κ1) is 21.6. The molecule has 1 aromatic carbocycles. The Morgan fingerprint density at radius 3 is 2.29 bits per heavy atom. The van der Waals surface area contributed by atoms with Crippen LogP contribution in [0.25, 0.3) is 28.0 Å². The van der Waals surface area contributed by atoms with Crippen LogP contribution in [0.15, 0.2) is 59.2 Å². The molecule has 0 atom stereocenters. The molecule has 7 heteroatoms. The number of aromatic nitrogens is 4. The lowest BCUT2D eigenvalue weighted by Crippen LogP contribution is -2.17. The Morgan fingerprint density at radius 1 is 0.794 bits per heavy atom. The average molecular weight is 517 g/mol. The van der Waals surface area contributed by atoms with Crippen molar-refractivity contribution in [3.63, 3.8) is 0 Å². The number of hydrogen-bond acceptors (Lipinski definition) is 5. The van der Waals surface area contributed by atoms with Crippen molar-refractivity contribution in [2.75, 3.05) is 10.6 Å². The van der Waals surface area contributed by atoms with E-state index in [1.807, 2.05) is 24.4 Å². The number of anilines is 2. The number of fused-ring (bicyclic) bond motifs is 1. The molecule has 0 amide bonds. The number of nitrogens with one attached hydrogen (secondary N) is 2. The van der Waals surface area contributed by atoms with E-state index in [9.17, 15) is 0 Å². The molecule has 3 heterocycles. The van der Waals surface area contributed by atoms with Crippen molar-refractivity contribution < 1.29 is 0 Å². The summed E-state index contributed by atoms with van der Waals surface area (Å²) in [6, 6.07) is 17.7. The van der Waals surface area contributed by atoms with Crippen LogP contribution in [0.3, 0.4) is 0 Å². The molecule has 2 aliphatic carbocycles. The second-order valence-electron chi connectivity index (χ2n) is 9.46. The lowest BCUT2D eigenvalue weighted by atomic mass is 10.1. The van der Waals surface area contributed by atoms with Crippen molar-refractivity contribution in [2.45, 2.75) is 63.5 Å². The van der Waals surface area contributed by atoms with Gasteiger partial charge in [-0.15, -0.1) is 0 Å². The molecule has 3 aromatic heterocycles. The minimum absolute atomic E-state index is 0.477. The van der Waals surface area contributed by atoms with Gasteiger partial charge in [-0.3, -0.25) is 0 Å². The highest BCUT2D eigenvalue weighted by molar-refractivity contribution is 9.10. The number of pyridine rings is 1. The first-order valence-electron chi connectivity index (χ1n) is 12.4. The van der Waals surface area contributed by atoms with Gasteiger partial charge in [0.1, 0.15) is 5.82 Å². The molecular formula is C27H29BrN6. The fourth-order valence-corrected chi connectivity index (χ4v) is 5.80. The number of halogens is 1. The normalized spacial score (nSPS) is 17.0. The molecular weight excluding hydrogens is 488 g/mol. The van der Waals surface area contributed by atoms with Gasteiger partial charge in [-0.2, -0.15) is 5.10 Å². The van der Waals surface area contributed by atoms with Crippen LogP contribution in [0, 0.1) is 0 Å². The summed E-state index contributed by atoms with van der Waals surface area (Å²) in [5, 5.41) is 12.3. The Balaban J connectivity index is 1.43. The van der Waals surface area contributed by atoms with Crippen LogP contribution < -0.4 is 10.6 Å². The number of benzene rings is 1. The van der Waals surface area contributed by atoms with Crippen LogP contribution in [0.4, 0.5) is 11.8 Å². The van der Waals surface area contributed by atoms with Crippen LogP contribution in [-0.2, 0) is 0 Å². The third-order valence-corrected chi connectivity index (χ3v) is 7.79. The maximum Gasteiger partial charge on any atom is 0.223 e. The van der Waals surface area contributed by atoms with E-state index in [1.54, 1.807) is 0 Å². The summed E-state index contributed by atoms with van der Waals surface area (Å²) in [6.45, 7) is 0. The van der Waals surface area contributed by atoms with E-state index in [-0.39, 0.29) is 0 Å². The van der Waals surface area contributed by atoms with Gasteiger partial charge in [-0.1, -0.05) is 59.8 Å². The van der Waals surface area contributed by atoms with Crippen molar-refractivity contribution in [1.82, 2.24) is 19.6 Å². The molecule has 174 valence electrons. The summed E-state index contributed by atoms with van der Waals surface area (Å²) in [5.74, 6) is 1.74. The molecule has 2 saturated carbocycles. The van der Waals surface area contributed by atoms with Crippen LogP contribution in [0.1, 0.15) is 51.4 Å². The molecule has 0 spiro atoms. The maximum atomic E-state index is 5.04. The third kappa shape index (κ3) is 4.29. The van der Waals surface area contributed by atoms with Crippen molar-refractivity contribution in [2.24, 2.45) is 0 Å². The van der Waals surface area contributed by atoms with Crippen molar-refractivity contribution in [3.8, 4) is 22.5 Å². The molecule has 0 saturated heterocycles. The molecule has 0 aliphatic heterocycles. The van der Waals surface area contributed by atoms with Crippen LogP contribution in [0.5, 0.6) is 0 Å². The van der Waals surface area contributed by atoms with Gasteiger partial charge in [0.2, 0.25) is 5.95 Å². The molecule has 0 unspecified atom stereocenters. The molecule has 2 N–H and O–H groups in total. The molecule has 2 fully saturated rings. The summed E-state index contributed by atoms with van der Waals surface area (Å²) in [4.78, 5) is 9.39. The zero-order chi connectivity index (χ0) is 22.9. The van der Waals surface area contributed by atoms with E-state index in [1.165, 1.54) is 51.4 Å². The standard InChI is InChI=1S/C27H29BrN6/c28-22-12-6-5-11-20(22)24-17-25-21(13-14-26(34(25)33-24)30-18-7-1-2-8-18)23-15-16-29-27(32-23)31-19-9-3-4-10-19/h5-6,11-19,30H,1-4,7-10H2,(H,29,31,32). The highest BCUT2D eigenvalue weighted by atomic mass is 79.9. The Bertz CT molecular complexity index is 1300. The second kappa shape index (κ2) is 9.37. The van der Waals surface area contributed by atoms with Crippen molar-refractivity contribution >= 4 is 33.2 Å². The quantitative estimate of drug-likeness (QED) is 0.290. The topological polar surface area (TPSA) is 67.1 Å². The Kier molecular flexibility index (Phi) is 5.95. The zero-order valence-corrected chi connectivity index (χ0v) is 20.8. The smallest absolute Gasteiger partial charge is 0.223 e. The summed E-state index contributed by atoms with van der Waals surface area (Å²) < 4.78 is 3.09. The van der Waals surface area contributed by atoms with E-state index >= 15 is 0 Å². The summed E-state index contributed by atoms with van der Waals surface area (Å²) in [5.41, 5.74) is 5.02. The number of hydrogen-bond donors (Lipinski definition) is 2. The molecule has 34 heavy (non-hydrogen) atoms. The minimum atomic E-state index is 0.477. The van der Waals surface area contributed by atoms with Crippen molar-refractivity contribution in [3.05, 3.63) is 59.2 Å².